The second-order valence-electron chi connectivity index (χ2n) is 3.75. The highest BCUT2D eigenvalue weighted by Gasteiger charge is 2.10. The normalized spacial score (nSPS) is 10.2. The highest BCUT2D eigenvalue weighted by atomic mass is 32.1. The summed E-state index contributed by atoms with van der Waals surface area (Å²) in [6.07, 6.45) is 1.33. The Kier molecular flexibility index (Phi) is 3.86. The summed E-state index contributed by atoms with van der Waals surface area (Å²) in [5, 5.41) is 2.81. The Bertz CT molecular complexity index is 627. The maximum absolute atomic E-state index is 12.9. The van der Waals surface area contributed by atoms with Crippen molar-refractivity contribution in [2.24, 2.45) is 5.73 Å². The second kappa shape index (κ2) is 5.57. The number of amides is 2. The van der Waals surface area contributed by atoms with E-state index in [1.165, 1.54) is 24.4 Å². The molecule has 0 aliphatic rings. The van der Waals surface area contributed by atoms with Crippen LogP contribution in [0.5, 0.6) is 0 Å². The second-order valence-corrected chi connectivity index (χ2v) is 4.78. The SMILES string of the molecule is NC(=O)c1cnc(NC(=O)Cc2cccc(F)c2)s1. The van der Waals surface area contributed by atoms with Gasteiger partial charge in [-0.15, -0.1) is 0 Å². The van der Waals surface area contributed by atoms with Gasteiger partial charge in [-0.1, -0.05) is 23.5 Å². The van der Waals surface area contributed by atoms with Gasteiger partial charge in [-0.25, -0.2) is 9.37 Å². The number of hydrogen-bond donors (Lipinski definition) is 2. The Balaban J connectivity index is 1.99. The summed E-state index contributed by atoms with van der Waals surface area (Å²) in [5.74, 6) is -1.32. The molecule has 19 heavy (non-hydrogen) atoms. The maximum atomic E-state index is 12.9. The van der Waals surface area contributed by atoms with Gasteiger partial charge in [-0.3, -0.25) is 9.59 Å². The van der Waals surface area contributed by atoms with E-state index in [4.69, 9.17) is 5.73 Å². The lowest BCUT2D eigenvalue weighted by Gasteiger charge is -2.01. The fraction of sp³-hybridized carbons (Fsp3) is 0.0833. The Labute approximate surface area is 112 Å². The van der Waals surface area contributed by atoms with Crippen LogP contribution in [0.1, 0.15) is 15.2 Å². The number of rotatable bonds is 4. The predicted octanol–water partition coefficient (Wildman–Crippen LogP) is 1.56. The minimum absolute atomic E-state index is 0.0310. The number of anilines is 1. The van der Waals surface area contributed by atoms with E-state index < -0.39 is 11.7 Å². The first-order valence-corrected chi connectivity index (χ1v) is 6.16. The van der Waals surface area contributed by atoms with E-state index in [0.717, 1.165) is 11.3 Å². The van der Waals surface area contributed by atoms with Crippen molar-refractivity contribution in [2.75, 3.05) is 5.32 Å². The fourth-order valence-electron chi connectivity index (χ4n) is 1.44. The van der Waals surface area contributed by atoms with Crippen LogP contribution in [-0.2, 0) is 11.2 Å². The molecule has 0 spiro atoms. The van der Waals surface area contributed by atoms with Crippen molar-refractivity contribution in [1.29, 1.82) is 0 Å². The Morgan fingerprint density at radius 1 is 1.42 bits per heavy atom. The molecule has 5 nitrogen and oxygen atoms in total. The quantitative estimate of drug-likeness (QED) is 0.890. The van der Waals surface area contributed by atoms with Gasteiger partial charge in [-0.2, -0.15) is 0 Å². The summed E-state index contributed by atoms with van der Waals surface area (Å²) < 4.78 is 12.9. The molecule has 1 aromatic carbocycles. The monoisotopic (exact) mass is 279 g/mol. The molecule has 0 aliphatic heterocycles. The highest BCUT2D eigenvalue weighted by Crippen LogP contribution is 2.17. The van der Waals surface area contributed by atoms with E-state index in [9.17, 15) is 14.0 Å². The molecule has 0 radical (unpaired) electrons. The molecule has 3 N–H and O–H groups in total. The number of nitrogens with two attached hydrogens (primary N) is 1. The molecule has 0 unspecified atom stereocenters. The molecule has 2 aromatic rings. The van der Waals surface area contributed by atoms with Crippen LogP contribution in [0.15, 0.2) is 30.5 Å². The number of carbonyl (C=O) groups is 2. The molecule has 0 saturated carbocycles. The van der Waals surface area contributed by atoms with Crippen LogP contribution < -0.4 is 11.1 Å². The number of carbonyl (C=O) groups excluding carboxylic acids is 2. The molecule has 0 aliphatic carbocycles. The summed E-state index contributed by atoms with van der Waals surface area (Å²) in [5.41, 5.74) is 5.63. The van der Waals surface area contributed by atoms with Crippen molar-refractivity contribution in [3.8, 4) is 0 Å². The van der Waals surface area contributed by atoms with Gasteiger partial charge in [0.25, 0.3) is 5.91 Å². The molecular weight excluding hydrogens is 269 g/mol. The van der Waals surface area contributed by atoms with Gasteiger partial charge in [0.15, 0.2) is 5.13 Å². The minimum Gasteiger partial charge on any atom is -0.365 e. The molecule has 2 amide bonds. The summed E-state index contributed by atoms with van der Waals surface area (Å²) in [7, 11) is 0. The zero-order chi connectivity index (χ0) is 13.8. The van der Waals surface area contributed by atoms with Gasteiger partial charge in [-0.05, 0) is 17.7 Å². The zero-order valence-corrected chi connectivity index (χ0v) is 10.5. The van der Waals surface area contributed by atoms with Crippen LogP contribution in [0.25, 0.3) is 0 Å². The molecule has 2 rings (SSSR count). The van der Waals surface area contributed by atoms with Crippen LogP contribution in [-0.4, -0.2) is 16.8 Å². The Morgan fingerprint density at radius 3 is 2.84 bits per heavy atom. The third-order valence-corrected chi connectivity index (χ3v) is 3.18. The number of primary amides is 1. The van der Waals surface area contributed by atoms with E-state index in [0.29, 0.717) is 5.56 Å². The van der Waals surface area contributed by atoms with E-state index in [-0.39, 0.29) is 22.3 Å². The number of aromatic nitrogens is 1. The van der Waals surface area contributed by atoms with Gasteiger partial charge >= 0.3 is 0 Å². The van der Waals surface area contributed by atoms with Gasteiger partial charge in [0.2, 0.25) is 5.91 Å². The fourth-order valence-corrected chi connectivity index (χ4v) is 2.13. The lowest BCUT2D eigenvalue weighted by Crippen LogP contribution is -2.14. The first kappa shape index (κ1) is 13.2. The van der Waals surface area contributed by atoms with Gasteiger partial charge in [0.1, 0.15) is 10.7 Å². The van der Waals surface area contributed by atoms with E-state index in [2.05, 4.69) is 10.3 Å². The lowest BCUT2D eigenvalue weighted by molar-refractivity contribution is -0.115. The number of nitrogens with zero attached hydrogens (tertiary/aromatic N) is 1. The van der Waals surface area contributed by atoms with Crippen molar-refractivity contribution in [3.05, 3.63) is 46.7 Å². The number of halogens is 1. The van der Waals surface area contributed by atoms with Crippen LogP contribution in [0, 0.1) is 5.82 Å². The van der Waals surface area contributed by atoms with Crippen LogP contribution in [0.4, 0.5) is 9.52 Å². The maximum Gasteiger partial charge on any atom is 0.260 e. The van der Waals surface area contributed by atoms with Crippen molar-refractivity contribution < 1.29 is 14.0 Å². The van der Waals surface area contributed by atoms with Gasteiger partial charge in [0, 0.05) is 0 Å². The van der Waals surface area contributed by atoms with Gasteiger partial charge < -0.3 is 11.1 Å². The van der Waals surface area contributed by atoms with Crippen molar-refractivity contribution in [2.45, 2.75) is 6.42 Å². The molecule has 1 aromatic heterocycles. The largest absolute Gasteiger partial charge is 0.365 e. The standard InChI is InChI=1S/C12H10FN3O2S/c13-8-3-1-2-7(4-8)5-10(17)16-12-15-6-9(19-12)11(14)18/h1-4,6H,5H2,(H2,14,18)(H,15,16,17). The third-order valence-electron chi connectivity index (χ3n) is 2.25. The molecule has 0 atom stereocenters. The van der Waals surface area contributed by atoms with Crippen molar-refractivity contribution in [3.63, 3.8) is 0 Å². The van der Waals surface area contributed by atoms with E-state index in [1.807, 2.05) is 0 Å². The summed E-state index contributed by atoms with van der Waals surface area (Å²) in [6, 6.07) is 5.78. The van der Waals surface area contributed by atoms with Crippen LogP contribution in [0.2, 0.25) is 0 Å². The first-order chi connectivity index (χ1) is 9.04. The molecule has 98 valence electrons. The summed E-state index contributed by atoms with van der Waals surface area (Å²) >= 11 is 0.991. The summed E-state index contributed by atoms with van der Waals surface area (Å²) in [4.78, 5) is 26.7. The zero-order valence-electron chi connectivity index (χ0n) is 9.72. The Morgan fingerprint density at radius 2 is 2.21 bits per heavy atom. The molecule has 0 bridgehead atoms. The lowest BCUT2D eigenvalue weighted by atomic mass is 10.1. The molecule has 0 saturated heterocycles. The number of thiazole rings is 1. The average Bonchev–Trinajstić information content (AvgIpc) is 2.77. The smallest absolute Gasteiger partial charge is 0.260 e. The van der Waals surface area contributed by atoms with Crippen LogP contribution >= 0.6 is 11.3 Å². The van der Waals surface area contributed by atoms with Crippen LogP contribution in [0.3, 0.4) is 0 Å². The van der Waals surface area contributed by atoms with E-state index >= 15 is 0 Å². The highest BCUT2D eigenvalue weighted by molar-refractivity contribution is 7.17. The topological polar surface area (TPSA) is 85.1 Å². The Hall–Kier alpha value is -2.28. The molecule has 0 fully saturated rings. The summed E-state index contributed by atoms with van der Waals surface area (Å²) in [6.45, 7) is 0. The van der Waals surface area contributed by atoms with Gasteiger partial charge in [0.05, 0.1) is 12.6 Å². The molecule has 1 heterocycles. The number of nitrogens with one attached hydrogen (secondary N) is 1. The first-order valence-electron chi connectivity index (χ1n) is 5.34. The average molecular weight is 279 g/mol. The third kappa shape index (κ3) is 3.59. The van der Waals surface area contributed by atoms with Crippen molar-refractivity contribution >= 4 is 28.3 Å². The molecular formula is C12H10FN3O2S. The minimum atomic E-state index is -0.594. The predicted molar refractivity (Wildman–Crippen MR) is 69.4 cm³/mol. The molecule has 7 heteroatoms. The number of hydrogen-bond acceptors (Lipinski definition) is 4. The number of benzene rings is 1. The van der Waals surface area contributed by atoms with Crippen molar-refractivity contribution in [1.82, 2.24) is 4.98 Å². The van der Waals surface area contributed by atoms with E-state index in [1.54, 1.807) is 6.07 Å².